The molecule has 0 aliphatic carbocycles. The molecule has 1 fully saturated rings. The van der Waals surface area contributed by atoms with Crippen LogP contribution in [0, 0.1) is 11.7 Å². The van der Waals surface area contributed by atoms with E-state index in [1.54, 1.807) is 18.2 Å². The van der Waals surface area contributed by atoms with Crippen LogP contribution in [0.2, 0.25) is 0 Å². The van der Waals surface area contributed by atoms with Crippen molar-refractivity contribution < 1.29 is 14.3 Å². The molecule has 4 heteroatoms. The summed E-state index contributed by atoms with van der Waals surface area (Å²) >= 11 is 0. The molecule has 98 valence electrons. The van der Waals surface area contributed by atoms with Gasteiger partial charge in [-0.1, -0.05) is 25.1 Å². The molecule has 18 heavy (non-hydrogen) atoms. The highest BCUT2D eigenvalue weighted by atomic mass is 19.1. The molecular formula is C14H18FNO2. The van der Waals surface area contributed by atoms with Crippen LogP contribution in [0.4, 0.5) is 4.39 Å². The van der Waals surface area contributed by atoms with Crippen molar-refractivity contribution >= 4 is 5.97 Å². The summed E-state index contributed by atoms with van der Waals surface area (Å²) in [6.07, 6.45) is 1.94. The van der Waals surface area contributed by atoms with Crippen LogP contribution in [-0.2, 0) is 4.79 Å². The van der Waals surface area contributed by atoms with E-state index in [2.05, 4.69) is 6.92 Å². The Labute approximate surface area is 106 Å². The Bertz CT molecular complexity index is 428. The monoisotopic (exact) mass is 251 g/mol. The van der Waals surface area contributed by atoms with Crippen molar-refractivity contribution in [3.63, 3.8) is 0 Å². The summed E-state index contributed by atoms with van der Waals surface area (Å²) < 4.78 is 13.7. The van der Waals surface area contributed by atoms with Gasteiger partial charge in [0.25, 0.3) is 0 Å². The zero-order chi connectivity index (χ0) is 13.1. The summed E-state index contributed by atoms with van der Waals surface area (Å²) in [4.78, 5) is 13.3. The fourth-order valence-corrected chi connectivity index (χ4v) is 2.47. The Balaban J connectivity index is 2.24. The van der Waals surface area contributed by atoms with Crippen LogP contribution in [0.5, 0.6) is 0 Å². The van der Waals surface area contributed by atoms with Gasteiger partial charge in [0.1, 0.15) is 11.9 Å². The lowest BCUT2D eigenvalue weighted by atomic mass is 9.95. The number of carbonyl (C=O) groups is 1. The number of piperidine rings is 1. The molecule has 1 saturated heterocycles. The summed E-state index contributed by atoms with van der Waals surface area (Å²) in [5.74, 6) is -0.797. The lowest BCUT2D eigenvalue weighted by Crippen LogP contribution is -2.40. The zero-order valence-electron chi connectivity index (χ0n) is 10.5. The quantitative estimate of drug-likeness (QED) is 0.898. The van der Waals surface area contributed by atoms with E-state index in [0.29, 0.717) is 19.0 Å². The Kier molecular flexibility index (Phi) is 3.97. The molecule has 2 rings (SSSR count). The van der Waals surface area contributed by atoms with Gasteiger partial charge >= 0.3 is 5.97 Å². The van der Waals surface area contributed by atoms with Crippen LogP contribution in [0.3, 0.4) is 0 Å². The van der Waals surface area contributed by atoms with E-state index in [4.69, 9.17) is 0 Å². The fourth-order valence-electron chi connectivity index (χ4n) is 2.47. The van der Waals surface area contributed by atoms with E-state index < -0.39 is 17.8 Å². The molecule has 1 N–H and O–H groups in total. The van der Waals surface area contributed by atoms with Gasteiger partial charge in [0.2, 0.25) is 0 Å². The number of halogens is 1. The van der Waals surface area contributed by atoms with E-state index in [0.717, 1.165) is 12.8 Å². The minimum Gasteiger partial charge on any atom is -0.480 e. The average Bonchev–Trinajstić information content (AvgIpc) is 2.34. The molecule has 0 spiro atoms. The molecule has 3 nitrogen and oxygen atoms in total. The topological polar surface area (TPSA) is 40.5 Å². The molecule has 1 aromatic carbocycles. The van der Waals surface area contributed by atoms with E-state index in [9.17, 15) is 14.3 Å². The average molecular weight is 251 g/mol. The van der Waals surface area contributed by atoms with E-state index >= 15 is 0 Å². The van der Waals surface area contributed by atoms with Gasteiger partial charge in [-0.3, -0.25) is 9.69 Å². The minimum atomic E-state index is -0.977. The summed E-state index contributed by atoms with van der Waals surface area (Å²) in [5.41, 5.74) is 0.263. The van der Waals surface area contributed by atoms with Gasteiger partial charge in [-0.15, -0.1) is 0 Å². The number of aliphatic carboxylic acids is 1. The van der Waals surface area contributed by atoms with Gasteiger partial charge in [0.05, 0.1) is 0 Å². The normalized spacial score (nSPS) is 19.7. The smallest absolute Gasteiger partial charge is 0.325 e. The Hall–Kier alpha value is -1.42. The van der Waals surface area contributed by atoms with Crippen molar-refractivity contribution in [2.45, 2.75) is 25.8 Å². The highest BCUT2D eigenvalue weighted by Gasteiger charge is 2.31. The van der Waals surface area contributed by atoms with Crippen molar-refractivity contribution in [1.29, 1.82) is 0 Å². The third-order valence-corrected chi connectivity index (χ3v) is 3.62. The van der Waals surface area contributed by atoms with Gasteiger partial charge in [0, 0.05) is 5.56 Å². The van der Waals surface area contributed by atoms with Crippen molar-refractivity contribution in [3.8, 4) is 0 Å². The standard InChI is InChI=1S/C14H18FNO2/c1-10-6-8-16(9-7-10)13(14(17)18)11-4-2-3-5-12(11)15/h2-5,10,13H,6-9H2,1H3,(H,17,18). The number of benzene rings is 1. The third kappa shape index (κ3) is 2.70. The molecular weight excluding hydrogens is 233 g/mol. The Morgan fingerprint density at radius 2 is 2.00 bits per heavy atom. The third-order valence-electron chi connectivity index (χ3n) is 3.62. The second kappa shape index (κ2) is 5.48. The summed E-state index contributed by atoms with van der Waals surface area (Å²) in [7, 11) is 0. The highest BCUT2D eigenvalue weighted by molar-refractivity contribution is 5.75. The Morgan fingerprint density at radius 3 is 2.56 bits per heavy atom. The van der Waals surface area contributed by atoms with Crippen molar-refractivity contribution in [3.05, 3.63) is 35.6 Å². The van der Waals surface area contributed by atoms with Gasteiger partial charge in [-0.05, 0) is 37.9 Å². The molecule has 1 unspecified atom stereocenters. The number of hydrogen-bond donors (Lipinski definition) is 1. The summed E-state index contributed by atoms with van der Waals surface area (Å²) in [6.45, 7) is 3.59. The predicted octanol–water partition coefficient (Wildman–Crippen LogP) is 2.68. The van der Waals surface area contributed by atoms with Crippen molar-refractivity contribution in [2.24, 2.45) is 5.92 Å². The summed E-state index contributed by atoms with van der Waals surface area (Å²) in [6, 6.07) is 5.28. The fraction of sp³-hybridized carbons (Fsp3) is 0.500. The predicted molar refractivity (Wildman–Crippen MR) is 66.7 cm³/mol. The lowest BCUT2D eigenvalue weighted by molar-refractivity contribution is -0.144. The number of carboxylic acid groups (broad SMARTS) is 1. The molecule has 1 heterocycles. The number of hydrogen-bond acceptors (Lipinski definition) is 2. The second-order valence-electron chi connectivity index (χ2n) is 4.98. The number of nitrogens with zero attached hydrogens (tertiary/aromatic N) is 1. The summed E-state index contributed by atoms with van der Waals surface area (Å²) in [5, 5.41) is 9.36. The van der Waals surface area contributed by atoms with Crippen LogP contribution < -0.4 is 0 Å². The van der Waals surface area contributed by atoms with Crippen LogP contribution >= 0.6 is 0 Å². The molecule has 0 bridgehead atoms. The van der Waals surface area contributed by atoms with E-state index in [1.807, 2.05) is 4.90 Å². The lowest BCUT2D eigenvalue weighted by Gasteiger charge is -2.34. The van der Waals surface area contributed by atoms with Crippen molar-refractivity contribution in [2.75, 3.05) is 13.1 Å². The maximum Gasteiger partial charge on any atom is 0.325 e. The first-order valence-electron chi connectivity index (χ1n) is 6.31. The Morgan fingerprint density at radius 1 is 1.39 bits per heavy atom. The van der Waals surface area contributed by atoms with Crippen LogP contribution in [0.15, 0.2) is 24.3 Å². The molecule has 1 aliphatic rings. The number of carboxylic acids is 1. The maximum absolute atomic E-state index is 13.7. The van der Waals surface area contributed by atoms with Crippen LogP contribution in [0.25, 0.3) is 0 Å². The molecule has 1 aromatic rings. The van der Waals surface area contributed by atoms with Gasteiger partial charge < -0.3 is 5.11 Å². The number of likely N-dealkylation sites (tertiary alicyclic amines) is 1. The van der Waals surface area contributed by atoms with Gasteiger partial charge in [-0.2, -0.15) is 0 Å². The molecule has 0 amide bonds. The van der Waals surface area contributed by atoms with E-state index in [-0.39, 0.29) is 5.56 Å². The highest BCUT2D eigenvalue weighted by Crippen LogP contribution is 2.28. The molecule has 0 radical (unpaired) electrons. The minimum absolute atomic E-state index is 0.263. The van der Waals surface area contributed by atoms with E-state index in [1.165, 1.54) is 6.07 Å². The zero-order valence-corrected chi connectivity index (χ0v) is 10.5. The number of rotatable bonds is 3. The van der Waals surface area contributed by atoms with Crippen LogP contribution in [-0.4, -0.2) is 29.1 Å². The van der Waals surface area contributed by atoms with Crippen LogP contribution in [0.1, 0.15) is 31.4 Å². The van der Waals surface area contributed by atoms with Crippen molar-refractivity contribution in [1.82, 2.24) is 4.90 Å². The molecule has 0 saturated carbocycles. The first-order valence-corrected chi connectivity index (χ1v) is 6.31. The molecule has 0 aromatic heterocycles. The van der Waals surface area contributed by atoms with Gasteiger partial charge in [-0.25, -0.2) is 4.39 Å². The molecule has 1 aliphatic heterocycles. The maximum atomic E-state index is 13.7. The second-order valence-corrected chi connectivity index (χ2v) is 4.98. The molecule has 1 atom stereocenters. The first-order chi connectivity index (χ1) is 8.59. The SMILES string of the molecule is CC1CCN(C(C(=O)O)c2ccccc2F)CC1. The van der Waals surface area contributed by atoms with Gasteiger partial charge in [0.15, 0.2) is 0 Å². The first kappa shape index (κ1) is 13.0. The largest absolute Gasteiger partial charge is 0.480 e.